The summed E-state index contributed by atoms with van der Waals surface area (Å²) in [5.74, 6) is 0.781. The van der Waals surface area contributed by atoms with E-state index in [-0.39, 0.29) is 19.0 Å². The van der Waals surface area contributed by atoms with Crippen molar-refractivity contribution < 1.29 is 23.1 Å². The molecule has 0 saturated carbocycles. The van der Waals surface area contributed by atoms with Crippen LogP contribution in [0.5, 0.6) is 0 Å². The van der Waals surface area contributed by atoms with Gasteiger partial charge in [-0.1, -0.05) is 13.0 Å². The first-order valence-corrected chi connectivity index (χ1v) is 10.2. The molecule has 168 valence electrons. The van der Waals surface area contributed by atoms with Crippen LogP contribution in [0.3, 0.4) is 0 Å². The molecule has 3 heterocycles. The Hall–Kier alpha value is -2.88. The van der Waals surface area contributed by atoms with Crippen LogP contribution in [0.2, 0.25) is 0 Å². The summed E-state index contributed by atoms with van der Waals surface area (Å²) < 4.78 is 39.5. The standard InChI is InChI=1S/C21H26F3N5O2/c1-14-6-9-29(10-7-14)19-15(2-5-18(28-19)21(22,23)24)12-26-20(31)27-17-4-3-16(8-11-30)25-13-17/h2-5,13-14,30H,6-12H2,1H3,(H2,26,27,31). The number of anilines is 2. The van der Waals surface area contributed by atoms with E-state index >= 15 is 0 Å². The molecule has 3 rings (SSSR count). The van der Waals surface area contributed by atoms with Crippen LogP contribution in [-0.2, 0) is 19.1 Å². The van der Waals surface area contributed by atoms with Gasteiger partial charge in [-0.05, 0) is 37.0 Å². The quantitative estimate of drug-likeness (QED) is 0.643. The maximum absolute atomic E-state index is 13.2. The first-order valence-electron chi connectivity index (χ1n) is 10.2. The van der Waals surface area contributed by atoms with Crippen LogP contribution in [-0.4, -0.2) is 40.8 Å². The number of rotatable bonds is 6. The lowest BCUT2D eigenvalue weighted by atomic mass is 9.99. The third kappa shape index (κ3) is 6.30. The summed E-state index contributed by atoms with van der Waals surface area (Å²) in [5.41, 5.74) is 0.747. The number of carbonyl (C=O) groups excluding carboxylic acids is 1. The molecule has 7 nitrogen and oxygen atoms in total. The zero-order valence-electron chi connectivity index (χ0n) is 17.2. The molecule has 0 atom stereocenters. The van der Waals surface area contributed by atoms with Gasteiger partial charge in [0.1, 0.15) is 11.5 Å². The first-order chi connectivity index (χ1) is 14.8. The maximum Gasteiger partial charge on any atom is 0.433 e. The minimum Gasteiger partial charge on any atom is -0.396 e. The second kappa shape index (κ2) is 9.95. The monoisotopic (exact) mass is 437 g/mol. The van der Waals surface area contributed by atoms with Gasteiger partial charge in [0.15, 0.2) is 0 Å². The third-order valence-corrected chi connectivity index (χ3v) is 5.22. The fourth-order valence-electron chi connectivity index (χ4n) is 3.38. The Kier molecular flexibility index (Phi) is 7.32. The fraction of sp³-hybridized carbons (Fsp3) is 0.476. The molecule has 0 aromatic carbocycles. The summed E-state index contributed by atoms with van der Waals surface area (Å²) in [6, 6.07) is 5.16. The molecule has 1 saturated heterocycles. The second-order valence-electron chi connectivity index (χ2n) is 7.67. The molecule has 2 amide bonds. The van der Waals surface area contributed by atoms with Gasteiger partial charge in [0, 0.05) is 43.9 Å². The lowest BCUT2D eigenvalue weighted by Crippen LogP contribution is -2.35. The number of hydrogen-bond acceptors (Lipinski definition) is 5. The third-order valence-electron chi connectivity index (χ3n) is 5.22. The normalized spacial score (nSPS) is 15.1. The Bertz CT molecular complexity index is 882. The van der Waals surface area contributed by atoms with Crippen molar-refractivity contribution in [2.45, 2.75) is 38.9 Å². The largest absolute Gasteiger partial charge is 0.433 e. The Morgan fingerprint density at radius 1 is 1.23 bits per heavy atom. The smallest absolute Gasteiger partial charge is 0.396 e. The Morgan fingerprint density at radius 2 is 1.97 bits per heavy atom. The highest BCUT2D eigenvalue weighted by Gasteiger charge is 2.34. The van der Waals surface area contributed by atoms with Crippen molar-refractivity contribution in [3.63, 3.8) is 0 Å². The molecule has 2 aromatic rings. The van der Waals surface area contributed by atoms with Gasteiger partial charge in [-0.15, -0.1) is 0 Å². The minimum absolute atomic E-state index is 0.0142. The molecular weight excluding hydrogens is 411 g/mol. The second-order valence-corrected chi connectivity index (χ2v) is 7.67. The van der Waals surface area contributed by atoms with Crippen LogP contribution in [0.1, 0.15) is 36.7 Å². The van der Waals surface area contributed by atoms with Gasteiger partial charge in [-0.25, -0.2) is 9.78 Å². The van der Waals surface area contributed by atoms with E-state index in [1.807, 2.05) is 4.90 Å². The SMILES string of the molecule is CC1CCN(c2nc(C(F)(F)F)ccc2CNC(=O)Nc2ccc(CCO)nc2)CC1. The summed E-state index contributed by atoms with van der Waals surface area (Å²) in [6.07, 6.45) is -0.874. The number of pyridine rings is 2. The number of hydrogen-bond donors (Lipinski definition) is 3. The van der Waals surface area contributed by atoms with Gasteiger partial charge < -0.3 is 20.6 Å². The molecule has 0 radical (unpaired) electrons. The summed E-state index contributed by atoms with van der Waals surface area (Å²) in [7, 11) is 0. The average molecular weight is 437 g/mol. The van der Waals surface area contributed by atoms with E-state index in [0.717, 1.165) is 18.9 Å². The number of aliphatic hydroxyl groups is 1. The maximum atomic E-state index is 13.2. The van der Waals surface area contributed by atoms with E-state index in [4.69, 9.17) is 5.11 Å². The highest BCUT2D eigenvalue weighted by molar-refractivity contribution is 5.89. The molecule has 31 heavy (non-hydrogen) atoms. The van der Waals surface area contributed by atoms with Crippen molar-refractivity contribution in [1.29, 1.82) is 0 Å². The van der Waals surface area contributed by atoms with Gasteiger partial charge in [0.25, 0.3) is 0 Å². The van der Waals surface area contributed by atoms with E-state index in [2.05, 4.69) is 27.5 Å². The predicted molar refractivity (Wildman–Crippen MR) is 111 cm³/mol. The van der Waals surface area contributed by atoms with Crippen LogP contribution < -0.4 is 15.5 Å². The number of nitrogens with zero attached hydrogens (tertiary/aromatic N) is 3. The Balaban J connectivity index is 1.68. The average Bonchev–Trinajstić information content (AvgIpc) is 2.74. The van der Waals surface area contributed by atoms with Gasteiger partial charge in [-0.3, -0.25) is 4.98 Å². The number of aliphatic hydroxyl groups excluding tert-OH is 1. The van der Waals surface area contributed by atoms with E-state index < -0.39 is 17.9 Å². The van der Waals surface area contributed by atoms with Crippen molar-refractivity contribution in [2.75, 3.05) is 29.9 Å². The van der Waals surface area contributed by atoms with Gasteiger partial charge >= 0.3 is 12.2 Å². The summed E-state index contributed by atoms with van der Waals surface area (Å²) in [6.45, 7) is 3.39. The van der Waals surface area contributed by atoms with Gasteiger partial charge in [-0.2, -0.15) is 13.2 Å². The summed E-state index contributed by atoms with van der Waals surface area (Å²) in [5, 5.41) is 14.2. The Labute approximate surface area is 178 Å². The number of urea groups is 1. The molecule has 0 aliphatic carbocycles. The summed E-state index contributed by atoms with van der Waals surface area (Å²) in [4.78, 5) is 22.1. The number of aromatic nitrogens is 2. The molecular formula is C21H26F3N5O2. The molecule has 3 N–H and O–H groups in total. The zero-order chi connectivity index (χ0) is 22.4. The van der Waals surface area contributed by atoms with Crippen molar-refractivity contribution in [3.8, 4) is 0 Å². The topological polar surface area (TPSA) is 90.4 Å². The molecule has 1 fully saturated rings. The fourth-order valence-corrected chi connectivity index (χ4v) is 3.38. The Morgan fingerprint density at radius 3 is 2.58 bits per heavy atom. The van der Waals surface area contributed by atoms with E-state index in [9.17, 15) is 18.0 Å². The van der Waals surface area contributed by atoms with Crippen LogP contribution in [0, 0.1) is 5.92 Å². The molecule has 1 aliphatic rings. The number of carbonyl (C=O) groups is 1. The van der Waals surface area contributed by atoms with Crippen LogP contribution in [0.4, 0.5) is 29.5 Å². The number of piperidine rings is 1. The number of alkyl halides is 3. The number of nitrogens with one attached hydrogen (secondary N) is 2. The van der Waals surface area contributed by atoms with Crippen molar-refractivity contribution in [2.24, 2.45) is 5.92 Å². The molecule has 0 bridgehead atoms. The summed E-state index contributed by atoms with van der Waals surface area (Å²) >= 11 is 0. The van der Waals surface area contributed by atoms with Crippen molar-refractivity contribution in [1.82, 2.24) is 15.3 Å². The zero-order valence-corrected chi connectivity index (χ0v) is 17.2. The van der Waals surface area contributed by atoms with E-state index in [0.29, 0.717) is 42.4 Å². The number of halogens is 3. The van der Waals surface area contributed by atoms with Crippen LogP contribution in [0.15, 0.2) is 30.5 Å². The van der Waals surface area contributed by atoms with Crippen molar-refractivity contribution in [3.05, 3.63) is 47.4 Å². The number of amides is 2. The lowest BCUT2D eigenvalue weighted by molar-refractivity contribution is -0.141. The highest BCUT2D eigenvalue weighted by Crippen LogP contribution is 2.32. The molecule has 1 aliphatic heterocycles. The molecule has 0 spiro atoms. The van der Waals surface area contributed by atoms with Gasteiger partial charge in [0.2, 0.25) is 0 Å². The van der Waals surface area contributed by atoms with E-state index in [1.165, 1.54) is 12.3 Å². The first kappa shape index (κ1) is 22.8. The van der Waals surface area contributed by atoms with Crippen molar-refractivity contribution >= 4 is 17.5 Å². The lowest BCUT2D eigenvalue weighted by Gasteiger charge is -2.33. The molecule has 2 aromatic heterocycles. The van der Waals surface area contributed by atoms with E-state index in [1.54, 1.807) is 12.1 Å². The molecule has 0 unspecified atom stereocenters. The minimum atomic E-state index is -4.53. The van der Waals surface area contributed by atoms with Crippen LogP contribution >= 0.6 is 0 Å². The van der Waals surface area contributed by atoms with Gasteiger partial charge in [0.05, 0.1) is 11.9 Å². The highest BCUT2D eigenvalue weighted by atomic mass is 19.4. The predicted octanol–water partition coefficient (Wildman–Crippen LogP) is 3.59. The molecule has 10 heteroatoms. The van der Waals surface area contributed by atoms with Crippen LogP contribution in [0.25, 0.3) is 0 Å².